The number of carbonyl (C=O) groups is 2. The van der Waals surface area contributed by atoms with Crippen LogP contribution in [0, 0.1) is 11.7 Å². The minimum absolute atomic E-state index is 0.0404. The third-order valence-corrected chi connectivity index (χ3v) is 3.80. The van der Waals surface area contributed by atoms with Crippen molar-refractivity contribution in [3.05, 3.63) is 28.5 Å². The molecule has 0 aliphatic carbocycles. The van der Waals surface area contributed by atoms with E-state index in [9.17, 15) is 14.0 Å². The first-order valence-corrected chi connectivity index (χ1v) is 6.58. The molecule has 1 saturated heterocycles. The van der Waals surface area contributed by atoms with E-state index in [4.69, 9.17) is 16.7 Å². The van der Waals surface area contributed by atoms with Crippen molar-refractivity contribution in [2.75, 3.05) is 17.2 Å². The number of anilines is 1. The molecule has 0 radical (unpaired) electrons. The summed E-state index contributed by atoms with van der Waals surface area (Å²) in [6, 6.07) is 1.87. The highest BCUT2D eigenvalue weighted by Gasteiger charge is 2.33. The highest BCUT2D eigenvalue weighted by Crippen LogP contribution is 2.35. The Morgan fingerprint density at radius 2 is 2.26 bits per heavy atom. The van der Waals surface area contributed by atoms with Gasteiger partial charge in [-0.25, -0.2) is 9.18 Å². The van der Waals surface area contributed by atoms with Crippen LogP contribution in [0.2, 0.25) is 5.02 Å². The van der Waals surface area contributed by atoms with Crippen molar-refractivity contribution in [3.63, 3.8) is 0 Å². The van der Waals surface area contributed by atoms with E-state index >= 15 is 0 Å². The van der Waals surface area contributed by atoms with Crippen LogP contribution in [0.5, 0.6) is 0 Å². The summed E-state index contributed by atoms with van der Waals surface area (Å²) in [6.07, 6.45) is 0.288. The SMILES string of the molecule is O=C(O)c1cc(F)cc(Cl)c1N1CC(CS)CC1=O. The van der Waals surface area contributed by atoms with Gasteiger partial charge in [-0.15, -0.1) is 0 Å². The third kappa shape index (κ3) is 2.69. The third-order valence-electron chi connectivity index (χ3n) is 2.99. The molecular formula is C12H11ClFNO3S. The maximum atomic E-state index is 13.2. The molecule has 1 heterocycles. The van der Waals surface area contributed by atoms with Crippen LogP contribution in [0.4, 0.5) is 10.1 Å². The van der Waals surface area contributed by atoms with E-state index in [-0.39, 0.29) is 34.5 Å². The second-order valence-electron chi connectivity index (χ2n) is 4.35. The van der Waals surface area contributed by atoms with E-state index in [1.165, 1.54) is 4.90 Å². The van der Waals surface area contributed by atoms with Crippen LogP contribution in [0.3, 0.4) is 0 Å². The second-order valence-corrected chi connectivity index (χ2v) is 5.12. The predicted octanol–water partition coefficient (Wildman–Crippen LogP) is 2.46. The molecule has 1 aromatic carbocycles. The van der Waals surface area contributed by atoms with Crippen molar-refractivity contribution in [1.29, 1.82) is 0 Å². The Bertz CT molecular complexity index is 552. The van der Waals surface area contributed by atoms with Gasteiger partial charge in [-0.1, -0.05) is 11.6 Å². The fourth-order valence-corrected chi connectivity index (χ4v) is 2.68. The summed E-state index contributed by atoms with van der Waals surface area (Å²) in [5, 5.41) is 9.03. The van der Waals surface area contributed by atoms with Crippen LogP contribution in [0.25, 0.3) is 0 Å². The molecule has 1 N–H and O–H groups in total. The molecule has 0 saturated carbocycles. The minimum atomic E-state index is -1.32. The molecule has 102 valence electrons. The molecule has 19 heavy (non-hydrogen) atoms. The van der Waals surface area contributed by atoms with Gasteiger partial charge in [0.05, 0.1) is 16.3 Å². The van der Waals surface area contributed by atoms with Gasteiger partial charge in [-0.05, 0) is 23.8 Å². The topological polar surface area (TPSA) is 57.6 Å². The fraction of sp³-hybridized carbons (Fsp3) is 0.333. The van der Waals surface area contributed by atoms with Crippen LogP contribution >= 0.6 is 24.2 Å². The Labute approximate surface area is 119 Å². The number of nitrogens with zero attached hydrogens (tertiary/aromatic N) is 1. The number of halogens is 2. The zero-order chi connectivity index (χ0) is 14.2. The van der Waals surface area contributed by atoms with E-state index in [1.54, 1.807) is 0 Å². The lowest BCUT2D eigenvalue weighted by Gasteiger charge is -2.20. The molecule has 0 bridgehead atoms. The Balaban J connectivity index is 2.50. The standard InChI is InChI=1S/C12H11ClFNO3S/c13-9-3-7(14)2-8(12(17)18)11(9)15-4-6(5-19)1-10(15)16/h2-3,6,19H,1,4-5H2,(H,17,18). The van der Waals surface area contributed by atoms with Crippen LogP contribution in [-0.2, 0) is 4.79 Å². The first-order valence-electron chi connectivity index (χ1n) is 5.57. The molecule has 0 aromatic heterocycles. The molecule has 7 heteroatoms. The van der Waals surface area contributed by atoms with Crippen LogP contribution < -0.4 is 4.90 Å². The summed E-state index contributed by atoms with van der Waals surface area (Å²) in [6.45, 7) is 0.341. The van der Waals surface area contributed by atoms with Crippen molar-refractivity contribution in [2.24, 2.45) is 5.92 Å². The van der Waals surface area contributed by atoms with Crippen molar-refractivity contribution in [1.82, 2.24) is 0 Å². The Kier molecular flexibility index (Phi) is 4.01. The van der Waals surface area contributed by atoms with E-state index in [2.05, 4.69) is 12.6 Å². The maximum Gasteiger partial charge on any atom is 0.337 e. The van der Waals surface area contributed by atoms with Crippen molar-refractivity contribution < 1.29 is 19.1 Å². The molecule has 1 unspecified atom stereocenters. The summed E-state index contributed by atoms with van der Waals surface area (Å²) in [5.41, 5.74) is -0.247. The number of thiol groups is 1. The van der Waals surface area contributed by atoms with Crippen LogP contribution in [0.15, 0.2) is 12.1 Å². The number of carboxylic acids is 1. The first-order chi connectivity index (χ1) is 8.93. The fourth-order valence-electron chi connectivity index (χ4n) is 2.12. The Hall–Kier alpha value is -1.27. The average molecular weight is 304 g/mol. The van der Waals surface area contributed by atoms with Crippen LogP contribution in [0.1, 0.15) is 16.8 Å². The lowest BCUT2D eigenvalue weighted by Crippen LogP contribution is -2.27. The lowest BCUT2D eigenvalue weighted by molar-refractivity contribution is -0.117. The number of carbonyl (C=O) groups excluding carboxylic acids is 1. The quantitative estimate of drug-likeness (QED) is 0.843. The first kappa shape index (κ1) is 14.1. The van der Waals surface area contributed by atoms with Gasteiger partial charge in [0.2, 0.25) is 5.91 Å². The zero-order valence-corrected chi connectivity index (χ0v) is 11.4. The molecule has 4 nitrogen and oxygen atoms in total. The highest BCUT2D eigenvalue weighted by atomic mass is 35.5. The van der Waals surface area contributed by atoms with Gasteiger partial charge >= 0.3 is 5.97 Å². The predicted molar refractivity (Wildman–Crippen MR) is 72.7 cm³/mol. The average Bonchev–Trinajstić information content (AvgIpc) is 2.69. The van der Waals surface area contributed by atoms with Crippen molar-refractivity contribution in [2.45, 2.75) is 6.42 Å². The molecule has 1 fully saturated rings. The summed E-state index contributed by atoms with van der Waals surface area (Å²) in [4.78, 5) is 24.4. The molecule has 1 aliphatic heterocycles. The Morgan fingerprint density at radius 3 is 2.79 bits per heavy atom. The second kappa shape index (κ2) is 5.38. The number of carboxylic acid groups (broad SMARTS) is 1. The van der Waals surface area contributed by atoms with E-state index in [0.29, 0.717) is 12.3 Å². The van der Waals surface area contributed by atoms with Gasteiger partial charge in [0.25, 0.3) is 0 Å². The number of hydrogen-bond acceptors (Lipinski definition) is 3. The number of hydrogen-bond donors (Lipinski definition) is 2. The minimum Gasteiger partial charge on any atom is -0.478 e. The van der Waals surface area contributed by atoms with Crippen molar-refractivity contribution in [3.8, 4) is 0 Å². The van der Waals surface area contributed by atoms with Crippen LogP contribution in [-0.4, -0.2) is 29.3 Å². The van der Waals surface area contributed by atoms with Gasteiger partial charge in [0.15, 0.2) is 0 Å². The van der Waals surface area contributed by atoms with Gasteiger partial charge in [-0.2, -0.15) is 12.6 Å². The number of aromatic carboxylic acids is 1. The summed E-state index contributed by atoms with van der Waals surface area (Å²) < 4.78 is 13.2. The molecule has 1 atom stereocenters. The molecule has 1 aliphatic rings. The molecule has 1 aromatic rings. The number of rotatable bonds is 3. The summed E-state index contributed by atoms with van der Waals surface area (Å²) >= 11 is 10.0. The summed E-state index contributed by atoms with van der Waals surface area (Å²) in [5.74, 6) is -1.74. The van der Waals surface area contributed by atoms with Gasteiger partial charge in [-0.3, -0.25) is 4.79 Å². The van der Waals surface area contributed by atoms with Crippen molar-refractivity contribution >= 4 is 41.8 Å². The van der Waals surface area contributed by atoms with E-state index in [1.807, 2.05) is 0 Å². The zero-order valence-electron chi connectivity index (χ0n) is 9.77. The van der Waals surface area contributed by atoms with E-state index in [0.717, 1.165) is 12.1 Å². The normalized spacial score (nSPS) is 19.0. The van der Waals surface area contributed by atoms with Gasteiger partial charge in [0.1, 0.15) is 5.82 Å². The monoisotopic (exact) mass is 303 g/mol. The molecule has 2 rings (SSSR count). The summed E-state index contributed by atoms with van der Waals surface area (Å²) in [7, 11) is 0. The Morgan fingerprint density at radius 1 is 1.58 bits per heavy atom. The molecular weight excluding hydrogens is 293 g/mol. The largest absolute Gasteiger partial charge is 0.478 e. The number of amides is 1. The smallest absolute Gasteiger partial charge is 0.337 e. The maximum absolute atomic E-state index is 13.2. The van der Waals surface area contributed by atoms with Gasteiger partial charge < -0.3 is 10.0 Å². The molecule has 0 spiro atoms. The van der Waals surface area contributed by atoms with E-state index < -0.39 is 11.8 Å². The lowest BCUT2D eigenvalue weighted by atomic mass is 10.1. The highest BCUT2D eigenvalue weighted by molar-refractivity contribution is 7.80. The molecule has 1 amide bonds. The van der Waals surface area contributed by atoms with Gasteiger partial charge in [0, 0.05) is 13.0 Å². The number of benzene rings is 1.